The third-order valence-electron chi connectivity index (χ3n) is 2.18. The summed E-state index contributed by atoms with van der Waals surface area (Å²) in [7, 11) is 0. The first-order valence-electron chi connectivity index (χ1n) is 4.84. The van der Waals surface area contributed by atoms with Crippen molar-refractivity contribution in [2.45, 2.75) is 33.2 Å². The molecule has 0 aliphatic heterocycles. The van der Waals surface area contributed by atoms with Crippen molar-refractivity contribution in [1.82, 2.24) is 10.3 Å². The number of nitrogens with one attached hydrogen (secondary N) is 1. The Morgan fingerprint density at radius 3 is 2.77 bits per heavy atom. The molecule has 1 aromatic heterocycles. The Morgan fingerprint density at radius 1 is 1.54 bits per heavy atom. The molecule has 1 atom stereocenters. The summed E-state index contributed by atoms with van der Waals surface area (Å²) in [5.41, 5.74) is 1.90. The Labute approximate surface area is 84.4 Å². The van der Waals surface area contributed by atoms with Crippen molar-refractivity contribution in [3.05, 3.63) is 16.6 Å². The van der Waals surface area contributed by atoms with Gasteiger partial charge >= 0.3 is 0 Å². The normalized spacial score (nSPS) is 13.5. The number of aromatic nitrogens is 1. The molecule has 74 valence electrons. The zero-order chi connectivity index (χ0) is 9.68. The average molecular weight is 198 g/mol. The van der Waals surface area contributed by atoms with Gasteiger partial charge in [-0.05, 0) is 18.9 Å². The fraction of sp³-hybridized carbons (Fsp3) is 0.700. The van der Waals surface area contributed by atoms with Crippen LogP contribution in [-0.4, -0.2) is 17.6 Å². The van der Waals surface area contributed by atoms with Gasteiger partial charge in [-0.15, -0.1) is 11.3 Å². The second kappa shape index (κ2) is 5.35. The van der Waals surface area contributed by atoms with Crippen LogP contribution in [0, 0.1) is 5.92 Å². The van der Waals surface area contributed by atoms with E-state index in [4.69, 9.17) is 0 Å². The van der Waals surface area contributed by atoms with Crippen molar-refractivity contribution in [2.24, 2.45) is 5.92 Å². The number of thiazole rings is 1. The van der Waals surface area contributed by atoms with Crippen molar-refractivity contribution in [1.29, 1.82) is 0 Å². The van der Waals surface area contributed by atoms with Gasteiger partial charge in [-0.2, -0.15) is 0 Å². The Morgan fingerprint density at radius 2 is 2.31 bits per heavy atom. The van der Waals surface area contributed by atoms with Gasteiger partial charge in [0.25, 0.3) is 0 Å². The summed E-state index contributed by atoms with van der Waals surface area (Å²) < 4.78 is 0. The number of rotatable bonds is 5. The molecule has 0 fully saturated rings. The minimum Gasteiger partial charge on any atom is -0.314 e. The maximum atomic E-state index is 4.09. The molecule has 1 N–H and O–H groups in total. The van der Waals surface area contributed by atoms with Crippen molar-refractivity contribution >= 4 is 11.3 Å². The minimum atomic E-state index is 0.588. The molecule has 0 radical (unpaired) electrons. The van der Waals surface area contributed by atoms with Crippen LogP contribution in [0.1, 0.15) is 25.6 Å². The number of hydrogen-bond acceptors (Lipinski definition) is 3. The highest BCUT2D eigenvalue weighted by Gasteiger charge is 2.12. The molecular formula is C10H18N2S. The zero-order valence-corrected chi connectivity index (χ0v) is 9.40. The number of hydrogen-bond donors (Lipinski definition) is 1. The van der Waals surface area contributed by atoms with Crippen molar-refractivity contribution in [3.63, 3.8) is 0 Å². The number of likely N-dealkylation sites (N-methyl/N-ethyl adjacent to an activating group) is 1. The number of nitrogens with zero attached hydrogens (tertiary/aromatic N) is 1. The van der Waals surface area contributed by atoms with Crippen LogP contribution in [0.5, 0.6) is 0 Å². The van der Waals surface area contributed by atoms with Crippen LogP contribution in [-0.2, 0) is 6.42 Å². The molecule has 0 spiro atoms. The van der Waals surface area contributed by atoms with E-state index in [1.165, 1.54) is 4.88 Å². The SMILES string of the molecule is CCNC(Cc1cncs1)C(C)C. The van der Waals surface area contributed by atoms with Crippen LogP contribution in [0.15, 0.2) is 11.7 Å². The van der Waals surface area contributed by atoms with E-state index in [0.717, 1.165) is 13.0 Å². The zero-order valence-electron chi connectivity index (χ0n) is 8.58. The lowest BCUT2D eigenvalue weighted by Crippen LogP contribution is -2.35. The highest BCUT2D eigenvalue weighted by atomic mass is 32.1. The van der Waals surface area contributed by atoms with E-state index in [-0.39, 0.29) is 0 Å². The quantitative estimate of drug-likeness (QED) is 0.785. The summed E-state index contributed by atoms with van der Waals surface area (Å²) >= 11 is 1.74. The molecule has 0 bridgehead atoms. The molecule has 1 aromatic rings. The summed E-state index contributed by atoms with van der Waals surface area (Å²) in [6.07, 6.45) is 3.08. The first kappa shape index (κ1) is 10.7. The molecule has 2 nitrogen and oxygen atoms in total. The fourth-order valence-electron chi connectivity index (χ4n) is 1.37. The van der Waals surface area contributed by atoms with Crippen molar-refractivity contribution in [2.75, 3.05) is 6.54 Å². The molecule has 0 aliphatic rings. The van der Waals surface area contributed by atoms with E-state index in [2.05, 4.69) is 31.1 Å². The molecule has 0 saturated heterocycles. The van der Waals surface area contributed by atoms with E-state index < -0.39 is 0 Å². The molecule has 1 heterocycles. The third kappa shape index (κ3) is 3.44. The van der Waals surface area contributed by atoms with Crippen LogP contribution in [0.25, 0.3) is 0 Å². The minimum absolute atomic E-state index is 0.588. The summed E-state index contributed by atoms with van der Waals surface area (Å²) in [5, 5.41) is 3.50. The molecular weight excluding hydrogens is 180 g/mol. The van der Waals surface area contributed by atoms with Gasteiger partial charge in [-0.3, -0.25) is 4.98 Å². The first-order chi connectivity index (χ1) is 6.24. The highest BCUT2D eigenvalue weighted by molar-refractivity contribution is 7.09. The summed E-state index contributed by atoms with van der Waals surface area (Å²) in [6, 6.07) is 0.588. The lowest BCUT2D eigenvalue weighted by atomic mass is 10.0. The van der Waals surface area contributed by atoms with Crippen LogP contribution < -0.4 is 5.32 Å². The lowest BCUT2D eigenvalue weighted by Gasteiger charge is -2.20. The maximum absolute atomic E-state index is 4.09. The average Bonchev–Trinajstić information content (AvgIpc) is 2.56. The Kier molecular flexibility index (Phi) is 4.39. The van der Waals surface area contributed by atoms with Gasteiger partial charge in [-0.25, -0.2) is 0 Å². The highest BCUT2D eigenvalue weighted by Crippen LogP contribution is 2.13. The van der Waals surface area contributed by atoms with Crippen LogP contribution in [0.3, 0.4) is 0 Å². The monoisotopic (exact) mass is 198 g/mol. The Hall–Kier alpha value is -0.410. The van der Waals surface area contributed by atoms with E-state index in [0.29, 0.717) is 12.0 Å². The molecule has 1 unspecified atom stereocenters. The van der Waals surface area contributed by atoms with Gasteiger partial charge in [0.15, 0.2) is 0 Å². The molecule has 0 saturated carbocycles. The van der Waals surface area contributed by atoms with Crippen LogP contribution >= 0.6 is 11.3 Å². The van der Waals surface area contributed by atoms with Crippen molar-refractivity contribution < 1.29 is 0 Å². The van der Waals surface area contributed by atoms with E-state index >= 15 is 0 Å². The standard InChI is InChI=1S/C10H18N2S/c1-4-12-10(8(2)3)5-9-6-11-7-13-9/h6-8,10,12H,4-5H2,1-3H3. The molecule has 1 rings (SSSR count). The smallest absolute Gasteiger partial charge is 0.0794 e. The predicted molar refractivity (Wildman–Crippen MR) is 58.1 cm³/mol. The summed E-state index contributed by atoms with van der Waals surface area (Å²) in [4.78, 5) is 5.46. The summed E-state index contributed by atoms with van der Waals surface area (Å²) in [6.45, 7) is 7.71. The molecule has 0 aliphatic carbocycles. The van der Waals surface area contributed by atoms with Gasteiger partial charge in [0, 0.05) is 17.1 Å². The van der Waals surface area contributed by atoms with Crippen LogP contribution in [0.2, 0.25) is 0 Å². The molecule has 0 aromatic carbocycles. The van der Waals surface area contributed by atoms with Gasteiger partial charge in [0.1, 0.15) is 0 Å². The molecule has 0 amide bonds. The Bertz CT molecular complexity index is 219. The maximum Gasteiger partial charge on any atom is 0.0794 e. The van der Waals surface area contributed by atoms with Gasteiger partial charge < -0.3 is 5.32 Å². The predicted octanol–water partition coefficient (Wildman–Crippen LogP) is 2.32. The van der Waals surface area contributed by atoms with Gasteiger partial charge in [0.2, 0.25) is 0 Å². The van der Waals surface area contributed by atoms with E-state index in [9.17, 15) is 0 Å². The lowest BCUT2D eigenvalue weighted by molar-refractivity contribution is 0.407. The molecule has 3 heteroatoms. The largest absolute Gasteiger partial charge is 0.314 e. The van der Waals surface area contributed by atoms with Gasteiger partial charge in [-0.1, -0.05) is 20.8 Å². The third-order valence-corrected chi connectivity index (χ3v) is 2.98. The second-order valence-corrected chi connectivity index (χ2v) is 4.55. The van der Waals surface area contributed by atoms with Crippen molar-refractivity contribution in [3.8, 4) is 0 Å². The molecule has 13 heavy (non-hydrogen) atoms. The Balaban J connectivity index is 2.47. The second-order valence-electron chi connectivity index (χ2n) is 3.58. The van der Waals surface area contributed by atoms with E-state index in [1.54, 1.807) is 11.3 Å². The topological polar surface area (TPSA) is 24.9 Å². The fourth-order valence-corrected chi connectivity index (χ4v) is 2.02. The van der Waals surface area contributed by atoms with E-state index in [1.807, 2.05) is 11.7 Å². The van der Waals surface area contributed by atoms with Gasteiger partial charge in [0.05, 0.1) is 5.51 Å². The summed E-state index contributed by atoms with van der Waals surface area (Å²) in [5.74, 6) is 0.682. The van der Waals surface area contributed by atoms with Crippen LogP contribution in [0.4, 0.5) is 0 Å². The first-order valence-corrected chi connectivity index (χ1v) is 5.72.